The Hall–Kier alpha value is -1.68. The number of hydrogen-bond acceptors (Lipinski definition) is 3. The zero-order chi connectivity index (χ0) is 13.3. The number of nitrogens with zero attached hydrogens (tertiary/aromatic N) is 3. The van der Waals surface area contributed by atoms with E-state index >= 15 is 0 Å². The lowest BCUT2D eigenvalue weighted by Crippen LogP contribution is -2.06. The van der Waals surface area contributed by atoms with E-state index in [-0.39, 0.29) is 6.04 Å². The molecule has 0 spiro atoms. The van der Waals surface area contributed by atoms with Crippen molar-refractivity contribution in [2.45, 2.75) is 40.3 Å². The Kier molecular flexibility index (Phi) is 3.48. The van der Waals surface area contributed by atoms with Crippen LogP contribution in [0.3, 0.4) is 0 Å². The Balaban J connectivity index is 2.28. The number of benzene rings is 1. The molecule has 0 saturated carbocycles. The van der Waals surface area contributed by atoms with Gasteiger partial charge < -0.3 is 5.73 Å². The van der Waals surface area contributed by atoms with E-state index in [1.807, 2.05) is 17.8 Å². The summed E-state index contributed by atoms with van der Waals surface area (Å²) in [6.45, 7) is 9.05. The summed E-state index contributed by atoms with van der Waals surface area (Å²) in [5, 5.41) is 8.20. The quantitative estimate of drug-likeness (QED) is 0.901. The van der Waals surface area contributed by atoms with Gasteiger partial charge in [0.2, 0.25) is 0 Å². The Bertz CT molecular complexity index is 532. The normalized spacial score (nSPS) is 12.7. The first-order valence-corrected chi connectivity index (χ1v) is 6.19. The molecule has 0 amide bonds. The van der Waals surface area contributed by atoms with E-state index in [1.165, 1.54) is 22.3 Å². The van der Waals surface area contributed by atoms with Crippen LogP contribution < -0.4 is 5.73 Å². The lowest BCUT2D eigenvalue weighted by molar-refractivity contribution is 0.644. The highest BCUT2D eigenvalue weighted by Gasteiger charge is 2.08. The van der Waals surface area contributed by atoms with Crippen LogP contribution in [0.5, 0.6) is 0 Å². The zero-order valence-corrected chi connectivity index (χ0v) is 11.4. The second-order valence-electron chi connectivity index (χ2n) is 5.01. The molecule has 0 fully saturated rings. The minimum absolute atomic E-state index is 0.0704. The third-order valence-electron chi connectivity index (χ3n) is 3.18. The number of nitrogens with two attached hydrogens (primary N) is 1. The van der Waals surface area contributed by atoms with Crippen LogP contribution in [0.2, 0.25) is 0 Å². The first-order chi connectivity index (χ1) is 8.47. The van der Waals surface area contributed by atoms with Crippen LogP contribution in [0.15, 0.2) is 18.3 Å². The highest BCUT2D eigenvalue weighted by molar-refractivity contribution is 5.37. The van der Waals surface area contributed by atoms with E-state index in [0.717, 1.165) is 12.2 Å². The molecule has 2 N–H and O–H groups in total. The van der Waals surface area contributed by atoms with Gasteiger partial charge in [0.15, 0.2) is 0 Å². The second kappa shape index (κ2) is 4.90. The molecule has 18 heavy (non-hydrogen) atoms. The fourth-order valence-electron chi connectivity index (χ4n) is 2.22. The summed E-state index contributed by atoms with van der Waals surface area (Å²) in [6, 6.07) is 4.33. The highest BCUT2D eigenvalue weighted by Crippen LogP contribution is 2.17. The molecule has 1 aromatic heterocycles. The number of hydrogen-bond donors (Lipinski definition) is 1. The molecular formula is C14H20N4. The second-order valence-corrected chi connectivity index (χ2v) is 5.01. The van der Waals surface area contributed by atoms with Crippen LogP contribution in [0.4, 0.5) is 0 Å². The molecule has 0 saturated heterocycles. The summed E-state index contributed by atoms with van der Waals surface area (Å²) in [5.74, 6) is 0. The summed E-state index contributed by atoms with van der Waals surface area (Å²) in [5.41, 5.74) is 11.8. The summed E-state index contributed by atoms with van der Waals surface area (Å²) >= 11 is 0. The van der Waals surface area contributed by atoms with Gasteiger partial charge in [-0.3, -0.25) is 0 Å². The molecule has 4 nitrogen and oxygen atoms in total. The van der Waals surface area contributed by atoms with Gasteiger partial charge in [-0.25, -0.2) is 4.68 Å². The van der Waals surface area contributed by atoms with Crippen molar-refractivity contribution in [3.05, 3.63) is 46.3 Å². The molecule has 2 aromatic rings. The van der Waals surface area contributed by atoms with E-state index < -0.39 is 0 Å². The number of rotatable bonds is 3. The molecule has 1 unspecified atom stereocenters. The number of aromatic nitrogens is 3. The molecule has 1 aromatic carbocycles. The largest absolute Gasteiger partial charge is 0.323 e. The van der Waals surface area contributed by atoms with Crippen molar-refractivity contribution >= 4 is 0 Å². The van der Waals surface area contributed by atoms with Crippen molar-refractivity contribution in [2.75, 3.05) is 0 Å². The van der Waals surface area contributed by atoms with Crippen LogP contribution in [0.25, 0.3) is 0 Å². The van der Waals surface area contributed by atoms with Gasteiger partial charge in [-0.2, -0.15) is 0 Å². The Morgan fingerprint density at radius 2 is 1.83 bits per heavy atom. The molecule has 0 aliphatic carbocycles. The molecular weight excluding hydrogens is 224 g/mol. The number of aryl methyl sites for hydroxylation is 3. The van der Waals surface area contributed by atoms with Crippen LogP contribution in [0.1, 0.15) is 40.9 Å². The fraction of sp³-hybridized carbons (Fsp3) is 0.429. The van der Waals surface area contributed by atoms with Crippen LogP contribution in [0, 0.1) is 20.8 Å². The molecule has 1 atom stereocenters. The monoisotopic (exact) mass is 244 g/mol. The molecule has 2 rings (SSSR count). The van der Waals surface area contributed by atoms with Gasteiger partial charge in [0.1, 0.15) is 0 Å². The minimum atomic E-state index is -0.0704. The summed E-state index contributed by atoms with van der Waals surface area (Å²) in [6.07, 6.45) is 1.92. The summed E-state index contributed by atoms with van der Waals surface area (Å²) in [7, 11) is 0. The van der Waals surface area contributed by atoms with Gasteiger partial charge in [-0.15, -0.1) is 5.10 Å². The van der Waals surface area contributed by atoms with Crippen molar-refractivity contribution in [1.82, 2.24) is 15.0 Å². The topological polar surface area (TPSA) is 56.7 Å². The van der Waals surface area contributed by atoms with Crippen molar-refractivity contribution in [1.29, 1.82) is 0 Å². The van der Waals surface area contributed by atoms with Gasteiger partial charge in [-0.05, 0) is 44.4 Å². The first-order valence-electron chi connectivity index (χ1n) is 6.19. The van der Waals surface area contributed by atoms with Crippen LogP contribution in [-0.4, -0.2) is 15.0 Å². The van der Waals surface area contributed by atoms with Crippen LogP contribution in [-0.2, 0) is 6.54 Å². The van der Waals surface area contributed by atoms with Crippen LogP contribution >= 0.6 is 0 Å². The van der Waals surface area contributed by atoms with Gasteiger partial charge in [0.05, 0.1) is 18.4 Å². The Labute approximate surface area is 108 Å². The molecule has 4 heteroatoms. The summed E-state index contributed by atoms with van der Waals surface area (Å²) in [4.78, 5) is 0. The van der Waals surface area contributed by atoms with Crippen molar-refractivity contribution < 1.29 is 0 Å². The highest BCUT2D eigenvalue weighted by atomic mass is 15.4. The lowest BCUT2D eigenvalue weighted by Gasteiger charge is -2.10. The fourth-order valence-corrected chi connectivity index (χ4v) is 2.22. The Morgan fingerprint density at radius 3 is 2.33 bits per heavy atom. The van der Waals surface area contributed by atoms with E-state index in [2.05, 4.69) is 43.2 Å². The smallest absolute Gasteiger partial charge is 0.0991 e. The maximum atomic E-state index is 5.78. The molecule has 0 aliphatic heterocycles. The third-order valence-corrected chi connectivity index (χ3v) is 3.18. The molecule has 1 heterocycles. The van der Waals surface area contributed by atoms with Gasteiger partial charge >= 0.3 is 0 Å². The minimum Gasteiger partial charge on any atom is -0.323 e. The predicted octanol–water partition coefficient (Wildman–Crippen LogP) is 2.27. The Morgan fingerprint density at radius 1 is 1.22 bits per heavy atom. The maximum Gasteiger partial charge on any atom is 0.0991 e. The van der Waals surface area contributed by atoms with Crippen molar-refractivity contribution in [3.63, 3.8) is 0 Å². The van der Waals surface area contributed by atoms with Crippen molar-refractivity contribution in [3.8, 4) is 0 Å². The zero-order valence-electron chi connectivity index (χ0n) is 11.4. The lowest BCUT2D eigenvalue weighted by atomic mass is 10.00. The van der Waals surface area contributed by atoms with E-state index in [9.17, 15) is 0 Å². The molecule has 0 bridgehead atoms. The average Bonchev–Trinajstić information content (AvgIpc) is 2.71. The molecule has 0 aliphatic rings. The standard InChI is InChI=1S/C14H20N4/c1-9-5-10(2)13(11(3)6-9)7-18-8-14(12(4)15)16-17-18/h5-6,8,12H,7,15H2,1-4H3. The maximum absolute atomic E-state index is 5.78. The predicted molar refractivity (Wildman–Crippen MR) is 72.4 cm³/mol. The van der Waals surface area contributed by atoms with Gasteiger partial charge in [0, 0.05) is 6.04 Å². The van der Waals surface area contributed by atoms with E-state index in [4.69, 9.17) is 5.73 Å². The van der Waals surface area contributed by atoms with Gasteiger partial charge in [-0.1, -0.05) is 22.9 Å². The summed E-state index contributed by atoms with van der Waals surface area (Å²) < 4.78 is 1.85. The van der Waals surface area contributed by atoms with Gasteiger partial charge in [0.25, 0.3) is 0 Å². The first kappa shape index (κ1) is 12.8. The van der Waals surface area contributed by atoms with E-state index in [0.29, 0.717) is 0 Å². The molecule has 0 radical (unpaired) electrons. The third kappa shape index (κ3) is 2.59. The molecule has 96 valence electrons. The average molecular weight is 244 g/mol. The van der Waals surface area contributed by atoms with E-state index in [1.54, 1.807) is 0 Å². The van der Waals surface area contributed by atoms with Crippen molar-refractivity contribution in [2.24, 2.45) is 5.73 Å². The SMILES string of the molecule is Cc1cc(C)c(Cn2cc(C(C)N)nn2)c(C)c1.